The smallest absolute Gasteiger partial charge is 0.337 e. The van der Waals surface area contributed by atoms with Gasteiger partial charge in [-0.2, -0.15) is 0 Å². The van der Waals surface area contributed by atoms with Crippen LogP contribution in [0.1, 0.15) is 32.9 Å². The summed E-state index contributed by atoms with van der Waals surface area (Å²) in [7, 11) is 1.38. The Kier molecular flexibility index (Phi) is 4.71. The van der Waals surface area contributed by atoms with Crippen LogP contribution in [-0.2, 0) is 4.74 Å². The Morgan fingerprint density at radius 1 is 1.09 bits per heavy atom. The van der Waals surface area contributed by atoms with Gasteiger partial charge in [0.2, 0.25) is 0 Å². The van der Waals surface area contributed by atoms with E-state index in [0.29, 0.717) is 15.1 Å². The van der Waals surface area contributed by atoms with Crippen molar-refractivity contribution < 1.29 is 9.53 Å². The van der Waals surface area contributed by atoms with E-state index in [4.69, 9.17) is 4.74 Å². The van der Waals surface area contributed by atoms with Crippen molar-refractivity contribution in [2.45, 2.75) is 20.8 Å². The molecule has 0 aliphatic carbocycles. The van der Waals surface area contributed by atoms with Crippen molar-refractivity contribution in [2.75, 3.05) is 7.11 Å². The molecule has 32 heavy (non-hydrogen) atoms. The first kappa shape index (κ1) is 20.2. The second-order valence-electron chi connectivity index (χ2n) is 7.79. The summed E-state index contributed by atoms with van der Waals surface area (Å²) in [4.78, 5) is 30.4. The summed E-state index contributed by atoms with van der Waals surface area (Å²) in [5.74, 6) is -0.370. The number of rotatable bonds is 3. The summed E-state index contributed by atoms with van der Waals surface area (Å²) in [6.45, 7) is 6.04. The highest BCUT2D eigenvalue weighted by molar-refractivity contribution is 7.15. The van der Waals surface area contributed by atoms with Gasteiger partial charge in [-0.1, -0.05) is 29.5 Å². The molecule has 0 unspecified atom stereocenters. The summed E-state index contributed by atoms with van der Waals surface area (Å²) in [6, 6.07) is 15.2. The Balaban J connectivity index is 1.68. The van der Waals surface area contributed by atoms with Gasteiger partial charge in [0.1, 0.15) is 0 Å². The third-order valence-electron chi connectivity index (χ3n) is 5.77. The van der Waals surface area contributed by atoms with Gasteiger partial charge in [0.05, 0.1) is 28.2 Å². The maximum absolute atomic E-state index is 13.1. The predicted octanol–water partition coefficient (Wildman–Crippen LogP) is 3.96. The van der Waals surface area contributed by atoms with Crippen molar-refractivity contribution >= 4 is 39.4 Å². The highest BCUT2D eigenvalue weighted by atomic mass is 32.1. The quantitative estimate of drug-likeness (QED) is 0.396. The van der Waals surface area contributed by atoms with E-state index in [1.807, 2.05) is 63.2 Å². The summed E-state index contributed by atoms with van der Waals surface area (Å²) in [6.07, 6.45) is 1.93. The number of para-hydroxylation sites is 2. The molecule has 5 aromatic rings. The number of esters is 1. The fraction of sp³-hybridized carbons (Fsp3) is 0.160. The van der Waals surface area contributed by atoms with Gasteiger partial charge in [0.25, 0.3) is 5.56 Å². The fourth-order valence-electron chi connectivity index (χ4n) is 4.15. The van der Waals surface area contributed by atoms with Gasteiger partial charge in [0.15, 0.2) is 4.96 Å². The minimum absolute atomic E-state index is 0.0626. The van der Waals surface area contributed by atoms with Gasteiger partial charge in [-0.15, -0.1) is 0 Å². The van der Waals surface area contributed by atoms with Crippen LogP contribution in [0.4, 0.5) is 0 Å². The molecule has 0 bridgehead atoms. The van der Waals surface area contributed by atoms with Crippen LogP contribution in [0.5, 0.6) is 0 Å². The van der Waals surface area contributed by atoms with Crippen LogP contribution in [0.15, 0.2) is 53.3 Å². The number of carbonyl (C=O) groups is 1. The van der Waals surface area contributed by atoms with Crippen molar-refractivity contribution in [3.63, 3.8) is 0 Å². The van der Waals surface area contributed by atoms with Gasteiger partial charge in [-0.3, -0.25) is 4.79 Å². The van der Waals surface area contributed by atoms with Crippen molar-refractivity contribution in [3.05, 3.63) is 91.5 Å². The topological polar surface area (TPSA) is 65.6 Å². The first-order chi connectivity index (χ1) is 15.4. The molecule has 0 atom stereocenters. The lowest BCUT2D eigenvalue weighted by Crippen LogP contribution is -2.22. The minimum atomic E-state index is -0.370. The Morgan fingerprint density at radius 3 is 2.66 bits per heavy atom. The van der Waals surface area contributed by atoms with Crippen LogP contribution in [-0.4, -0.2) is 27.0 Å². The first-order valence-corrected chi connectivity index (χ1v) is 11.0. The zero-order valence-corrected chi connectivity index (χ0v) is 19.0. The van der Waals surface area contributed by atoms with Gasteiger partial charge in [-0.25, -0.2) is 14.2 Å². The third kappa shape index (κ3) is 3.05. The summed E-state index contributed by atoms with van der Waals surface area (Å²) in [5.41, 5.74) is 6.99. The van der Waals surface area contributed by atoms with E-state index >= 15 is 0 Å². The first-order valence-electron chi connectivity index (χ1n) is 10.2. The van der Waals surface area contributed by atoms with E-state index in [-0.39, 0.29) is 11.5 Å². The lowest BCUT2D eigenvalue weighted by molar-refractivity contribution is 0.0600. The number of benzene rings is 2. The van der Waals surface area contributed by atoms with E-state index in [1.54, 1.807) is 10.5 Å². The van der Waals surface area contributed by atoms with Crippen molar-refractivity contribution in [3.8, 4) is 5.69 Å². The minimum Gasteiger partial charge on any atom is -0.465 e. The monoisotopic (exact) mass is 443 g/mol. The van der Waals surface area contributed by atoms with Gasteiger partial charge in [0, 0.05) is 17.1 Å². The fourth-order valence-corrected chi connectivity index (χ4v) is 5.13. The van der Waals surface area contributed by atoms with Gasteiger partial charge in [-0.05, 0) is 68.3 Å². The molecule has 7 heteroatoms. The average Bonchev–Trinajstić information content (AvgIpc) is 3.39. The molecule has 0 saturated carbocycles. The number of hydrogen-bond donors (Lipinski definition) is 0. The number of aryl methyl sites for hydroxylation is 2. The van der Waals surface area contributed by atoms with Crippen molar-refractivity contribution in [1.82, 2.24) is 14.0 Å². The molecular formula is C25H21N3O3S. The number of thiazole rings is 1. The molecule has 0 aliphatic rings. The number of nitrogens with zero attached hydrogens (tertiary/aromatic N) is 3. The van der Waals surface area contributed by atoms with Gasteiger partial charge < -0.3 is 9.30 Å². The van der Waals surface area contributed by atoms with Crippen molar-refractivity contribution in [1.29, 1.82) is 0 Å². The maximum Gasteiger partial charge on any atom is 0.337 e. The molecule has 0 spiro atoms. The Hall–Kier alpha value is -3.71. The SMILES string of the molecule is COC(=O)c1ccc(C)c(-n2c(C)cc(/C=c3\sc4nc5ccccc5n4c3=O)c2C)c1. The molecular weight excluding hydrogens is 422 g/mol. The van der Waals surface area contributed by atoms with Gasteiger partial charge >= 0.3 is 5.97 Å². The standard InChI is InChI=1S/C25H21N3O3S/c1-14-9-10-17(24(30)31-4)12-21(14)27-15(2)11-18(16(27)3)13-22-23(29)28-20-8-6-5-7-19(20)26-25(28)32-22/h5-13H,1-4H3/b22-13-. The van der Waals surface area contributed by atoms with E-state index in [1.165, 1.54) is 18.4 Å². The second-order valence-corrected chi connectivity index (χ2v) is 8.80. The lowest BCUT2D eigenvalue weighted by atomic mass is 10.1. The van der Waals surface area contributed by atoms with E-state index < -0.39 is 0 Å². The highest BCUT2D eigenvalue weighted by Crippen LogP contribution is 2.25. The summed E-state index contributed by atoms with van der Waals surface area (Å²) >= 11 is 1.39. The molecule has 6 nitrogen and oxygen atoms in total. The molecule has 0 fully saturated rings. The Morgan fingerprint density at radius 2 is 1.88 bits per heavy atom. The molecule has 160 valence electrons. The molecule has 2 aromatic carbocycles. The van der Waals surface area contributed by atoms with Crippen LogP contribution in [0.3, 0.4) is 0 Å². The summed E-state index contributed by atoms with van der Waals surface area (Å²) < 4.78 is 9.30. The number of imidazole rings is 1. The Labute approximate surface area is 188 Å². The molecule has 3 heterocycles. The highest BCUT2D eigenvalue weighted by Gasteiger charge is 2.16. The predicted molar refractivity (Wildman–Crippen MR) is 127 cm³/mol. The largest absolute Gasteiger partial charge is 0.465 e. The molecule has 5 rings (SSSR count). The summed E-state index contributed by atoms with van der Waals surface area (Å²) in [5, 5.41) is 0. The zero-order chi connectivity index (χ0) is 22.6. The number of aromatic nitrogens is 3. The van der Waals surface area contributed by atoms with Crippen LogP contribution in [0, 0.1) is 20.8 Å². The maximum atomic E-state index is 13.1. The molecule has 0 radical (unpaired) electrons. The number of fused-ring (bicyclic) bond motifs is 3. The normalized spacial score (nSPS) is 12.2. The second kappa shape index (κ2) is 7.46. The Bertz CT molecular complexity index is 1640. The lowest BCUT2D eigenvalue weighted by Gasteiger charge is -2.14. The molecule has 0 saturated heterocycles. The molecule has 0 aliphatic heterocycles. The number of ether oxygens (including phenoxy) is 1. The number of carbonyl (C=O) groups excluding carboxylic acids is 1. The van der Waals surface area contributed by atoms with Crippen molar-refractivity contribution in [2.24, 2.45) is 0 Å². The number of hydrogen-bond acceptors (Lipinski definition) is 5. The van der Waals surface area contributed by atoms with E-state index in [0.717, 1.165) is 39.2 Å². The average molecular weight is 444 g/mol. The van der Waals surface area contributed by atoms with E-state index in [2.05, 4.69) is 15.6 Å². The third-order valence-corrected chi connectivity index (χ3v) is 6.74. The van der Waals surface area contributed by atoms with Crippen LogP contribution in [0.25, 0.3) is 27.8 Å². The van der Waals surface area contributed by atoms with Crippen LogP contribution in [0.2, 0.25) is 0 Å². The number of methoxy groups -OCH3 is 1. The van der Waals surface area contributed by atoms with E-state index in [9.17, 15) is 9.59 Å². The van der Waals surface area contributed by atoms with Crippen LogP contribution < -0.4 is 10.1 Å². The zero-order valence-electron chi connectivity index (χ0n) is 18.2. The molecule has 0 N–H and O–H groups in total. The van der Waals surface area contributed by atoms with Crippen LogP contribution >= 0.6 is 11.3 Å². The molecule has 0 amide bonds. The molecule has 3 aromatic heterocycles.